The van der Waals surface area contributed by atoms with Crippen molar-refractivity contribution in [2.24, 2.45) is 0 Å². The van der Waals surface area contributed by atoms with Crippen LogP contribution in [0.25, 0.3) is 0 Å². The molecule has 0 aromatic heterocycles. The molecule has 1 heterocycles. The Balaban J connectivity index is 1.50. The van der Waals surface area contributed by atoms with E-state index in [4.69, 9.17) is 4.74 Å². The van der Waals surface area contributed by atoms with E-state index in [1.54, 1.807) is 12.1 Å². The number of hydrogen-bond acceptors (Lipinski definition) is 4. The SMILES string of the molecule is CC(C)Oc1ccc(C(c2ccc(C#N)cc2)N2CC[C@@H](NC(=O)c3ccc(C(F)(F)F)cc3)C2)cc1. The monoisotopic (exact) mass is 507 g/mol. The van der Waals surface area contributed by atoms with Gasteiger partial charge in [-0.05, 0) is 79.9 Å². The molecular weight excluding hydrogens is 479 g/mol. The standard InChI is InChI=1S/C29H28F3N3O2/c1-19(2)37-26-13-9-22(10-14-26)27(21-5-3-20(17-33)4-6-21)35-16-15-25(18-35)34-28(36)23-7-11-24(12-8-23)29(30,31)32/h3-14,19,25,27H,15-16,18H2,1-2H3,(H,34,36)/t25-,27?/m1/s1. The number of likely N-dealkylation sites (tertiary alicyclic amines) is 1. The highest BCUT2D eigenvalue weighted by Crippen LogP contribution is 2.33. The molecule has 1 aliphatic heterocycles. The Morgan fingerprint density at radius 1 is 1.00 bits per heavy atom. The van der Waals surface area contributed by atoms with Crippen molar-refractivity contribution in [1.29, 1.82) is 5.26 Å². The Bertz CT molecular complexity index is 1250. The number of nitrogens with zero attached hydrogens (tertiary/aromatic N) is 2. The minimum atomic E-state index is -4.44. The van der Waals surface area contributed by atoms with Crippen LogP contribution in [0, 0.1) is 11.3 Å². The zero-order valence-corrected chi connectivity index (χ0v) is 20.6. The van der Waals surface area contributed by atoms with Gasteiger partial charge >= 0.3 is 6.18 Å². The normalized spacial score (nSPS) is 16.8. The van der Waals surface area contributed by atoms with Crippen molar-refractivity contribution in [2.45, 2.75) is 44.6 Å². The molecule has 1 aliphatic rings. The first-order chi connectivity index (χ1) is 17.6. The van der Waals surface area contributed by atoms with Gasteiger partial charge in [0.1, 0.15) is 5.75 Å². The number of nitriles is 1. The van der Waals surface area contributed by atoms with Crippen molar-refractivity contribution in [2.75, 3.05) is 13.1 Å². The zero-order chi connectivity index (χ0) is 26.6. The van der Waals surface area contributed by atoms with Gasteiger partial charge in [-0.2, -0.15) is 18.4 Å². The van der Waals surface area contributed by atoms with Gasteiger partial charge in [-0.15, -0.1) is 0 Å². The largest absolute Gasteiger partial charge is 0.491 e. The lowest BCUT2D eigenvalue weighted by molar-refractivity contribution is -0.137. The fourth-order valence-corrected chi connectivity index (χ4v) is 4.57. The van der Waals surface area contributed by atoms with E-state index in [9.17, 15) is 23.2 Å². The summed E-state index contributed by atoms with van der Waals surface area (Å²) in [7, 11) is 0. The van der Waals surface area contributed by atoms with Crippen LogP contribution in [0.1, 0.15) is 58.9 Å². The predicted octanol–water partition coefficient (Wildman–Crippen LogP) is 5.96. The molecule has 3 aromatic carbocycles. The van der Waals surface area contributed by atoms with E-state index in [1.165, 1.54) is 12.1 Å². The number of alkyl halides is 3. The van der Waals surface area contributed by atoms with E-state index < -0.39 is 17.6 Å². The highest BCUT2D eigenvalue weighted by atomic mass is 19.4. The van der Waals surface area contributed by atoms with E-state index in [0.717, 1.165) is 29.0 Å². The van der Waals surface area contributed by atoms with Crippen LogP contribution in [0.4, 0.5) is 13.2 Å². The lowest BCUT2D eigenvalue weighted by Crippen LogP contribution is -2.38. The second-order valence-electron chi connectivity index (χ2n) is 9.40. The lowest BCUT2D eigenvalue weighted by atomic mass is 9.96. The average Bonchev–Trinajstić information content (AvgIpc) is 3.32. The first kappa shape index (κ1) is 26.2. The fraction of sp³-hybridized carbons (Fsp3) is 0.310. The van der Waals surface area contributed by atoms with E-state index in [-0.39, 0.29) is 23.8 Å². The molecule has 5 nitrogen and oxygen atoms in total. The first-order valence-electron chi connectivity index (χ1n) is 12.1. The minimum absolute atomic E-state index is 0.0628. The number of ether oxygens (including phenoxy) is 1. The Hall–Kier alpha value is -3.83. The van der Waals surface area contributed by atoms with Crippen molar-refractivity contribution in [1.82, 2.24) is 10.2 Å². The molecule has 1 amide bonds. The third-order valence-electron chi connectivity index (χ3n) is 6.32. The van der Waals surface area contributed by atoms with Crippen LogP contribution in [0.2, 0.25) is 0 Å². The maximum Gasteiger partial charge on any atom is 0.416 e. The van der Waals surface area contributed by atoms with Crippen LogP contribution >= 0.6 is 0 Å². The van der Waals surface area contributed by atoms with Crippen LogP contribution in [-0.4, -0.2) is 36.0 Å². The summed E-state index contributed by atoms with van der Waals surface area (Å²) in [4.78, 5) is 15.0. The van der Waals surface area contributed by atoms with Gasteiger partial charge in [0.15, 0.2) is 0 Å². The Kier molecular flexibility index (Phi) is 7.84. The highest BCUT2D eigenvalue weighted by Gasteiger charge is 2.32. The summed E-state index contributed by atoms with van der Waals surface area (Å²) >= 11 is 0. The summed E-state index contributed by atoms with van der Waals surface area (Å²) in [5, 5.41) is 12.2. The van der Waals surface area contributed by atoms with Crippen LogP contribution < -0.4 is 10.1 Å². The van der Waals surface area contributed by atoms with Crippen molar-refractivity contribution in [3.63, 3.8) is 0 Å². The van der Waals surface area contributed by atoms with Crippen molar-refractivity contribution < 1.29 is 22.7 Å². The molecular formula is C29H28F3N3O2. The molecule has 0 aliphatic carbocycles. The van der Waals surface area contributed by atoms with Gasteiger partial charge in [0.05, 0.1) is 29.3 Å². The number of hydrogen-bond donors (Lipinski definition) is 1. The van der Waals surface area contributed by atoms with Crippen LogP contribution in [0.5, 0.6) is 5.75 Å². The third-order valence-corrected chi connectivity index (χ3v) is 6.32. The minimum Gasteiger partial charge on any atom is -0.491 e. The molecule has 37 heavy (non-hydrogen) atoms. The summed E-state index contributed by atoms with van der Waals surface area (Å²) in [5.74, 6) is 0.381. The van der Waals surface area contributed by atoms with Gasteiger partial charge in [0, 0.05) is 24.7 Å². The average molecular weight is 508 g/mol. The molecule has 192 valence electrons. The molecule has 0 spiro atoms. The Morgan fingerprint density at radius 3 is 2.14 bits per heavy atom. The summed E-state index contributed by atoms with van der Waals surface area (Å²) in [6, 6.07) is 21.5. The smallest absolute Gasteiger partial charge is 0.416 e. The molecule has 1 fully saturated rings. The first-order valence-corrected chi connectivity index (χ1v) is 12.1. The van der Waals surface area contributed by atoms with Crippen LogP contribution in [0.15, 0.2) is 72.8 Å². The number of carbonyl (C=O) groups is 1. The molecule has 1 unspecified atom stereocenters. The molecule has 4 rings (SSSR count). The zero-order valence-electron chi connectivity index (χ0n) is 20.6. The summed E-state index contributed by atoms with van der Waals surface area (Å²) < 4.78 is 44.3. The maximum atomic E-state index is 12.8. The number of amides is 1. The Morgan fingerprint density at radius 2 is 1.59 bits per heavy atom. The number of halogens is 3. The van der Waals surface area contributed by atoms with Gasteiger partial charge in [-0.25, -0.2) is 0 Å². The molecule has 0 saturated carbocycles. The number of carbonyl (C=O) groups excluding carboxylic acids is 1. The van der Waals surface area contributed by atoms with Crippen molar-refractivity contribution in [3.05, 3.63) is 101 Å². The Labute approximate surface area is 214 Å². The summed E-state index contributed by atoms with van der Waals surface area (Å²) in [6.45, 7) is 5.22. The lowest BCUT2D eigenvalue weighted by Gasteiger charge is -2.29. The molecule has 1 N–H and O–H groups in total. The van der Waals surface area contributed by atoms with E-state index in [2.05, 4.69) is 16.3 Å². The van der Waals surface area contributed by atoms with Crippen molar-refractivity contribution >= 4 is 5.91 Å². The van der Waals surface area contributed by atoms with Gasteiger partial charge in [0.25, 0.3) is 5.91 Å². The predicted molar refractivity (Wildman–Crippen MR) is 134 cm³/mol. The quantitative estimate of drug-likeness (QED) is 0.429. The second-order valence-corrected chi connectivity index (χ2v) is 9.40. The third kappa shape index (κ3) is 6.49. The van der Waals surface area contributed by atoms with E-state index in [0.29, 0.717) is 25.1 Å². The highest BCUT2D eigenvalue weighted by molar-refractivity contribution is 5.94. The number of rotatable bonds is 7. The molecule has 1 saturated heterocycles. The summed E-state index contributed by atoms with van der Waals surface area (Å²) in [5.41, 5.74) is 2.05. The molecule has 8 heteroatoms. The number of nitrogens with one attached hydrogen (secondary N) is 1. The van der Waals surface area contributed by atoms with E-state index in [1.807, 2.05) is 50.2 Å². The second kappa shape index (κ2) is 11.1. The van der Waals surface area contributed by atoms with Crippen molar-refractivity contribution in [3.8, 4) is 11.8 Å². The van der Waals surface area contributed by atoms with Gasteiger partial charge in [-0.3, -0.25) is 9.69 Å². The molecule has 2 atom stereocenters. The molecule has 3 aromatic rings. The molecule has 0 radical (unpaired) electrons. The number of benzene rings is 3. The summed E-state index contributed by atoms with van der Waals surface area (Å²) in [6.07, 6.45) is -3.68. The topological polar surface area (TPSA) is 65.4 Å². The fourth-order valence-electron chi connectivity index (χ4n) is 4.57. The van der Waals surface area contributed by atoms with Crippen LogP contribution in [0.3, 0.4) is 0 Å². The maximum absolute atomic E-state index is 12.8. The van der Waals surface area contributed by atoms with Gasteiger partial charge in [0.2, 0.25) is 0 Å². The molecule has 0 bridgehead atoms. The van der Waals surface area contributed by atoms with Crippen LogP contribution in [-0.2, 0) is 6.18 Å². The van der Waals surface area contributed by atoms with Gasteiger partial charge in [-0.1, -0.05) is 24.3 Å². The van der Waals surface area contributed by atoms with Gasteiger partial charge < -0.3 is 10.1 Å². The van der Waals surface area contributed by atoms with E-state index >= 15 is 0 Å².